The van der Waals surface area contributed by atoms with Crippen molar-refractivity contribution in [1.29, 1.82) is 0 Å². The number of amides is 2. The number of imidazole rings is 1. The second kappa shape index (κ2) is 6.92. The lowest BCUT2D eigenvalue weighted by Gasteiger charge is -2.27. The van der Waals surface area contributed by atoms with Crippen LogP contribution < -0.4 is 5.32 Å². The van der Waals surface area contributed by atoms with Crippen molar-refractivity contribution in [2.75, 3.05) is 13.1 Å². The van der Waals surface area contributed by atoms with Gasteiger partial charge in [-0.3, -0.25) is 9.59 Å². The Morgan fingerprint density at radius 2 is 2.19 bits per heavy atom. The average Bonchev–Trinajstić information content (AvgIpc) is 3.28. The van der Waals surface area contributed by atoms with Gasteiger partial charge in [0.1, 0.15) is 11.3 Å². The molecule has 3 aromatic heterocycles. The van der Waals surface area contributed by atoms with Crippen molar-refractivity contribution in [3.8, 4) is 0 Å². The van der Waals surface area contributed by atoms with E-state index in [1.807, 2.05) is 34.4 Å². The number of aromatic nitrogens is 2. The Bertz CT molecular complexity index is 975. The third-order valence-corrected chi connectivity index (χ3v) is 5.74. The largest absolute Gasteiger partial charge is 0.350 e. The molecule has 0 bridgehead atoms. The molecular formula is C19H20N4O2S. The minimum atomic E-state index is -0.250. The first-order chi connectivity index (χ1) is 12.6. The summed E-state index contributed by atoms with van der Waals surface area (Å²) < 4.78 is 1.88. The lowest BCUT2D eigenvalue weighted by Crippen LogP contribution is -2.37. The summed E-state index contributed by atoms with van der Waals surface area (Å²) in [6.45, 7) is 3.72. The molecule has 0 atom stereocenters. The zero-order valence-electron chi connectivity index (χ0n) is 14.6. The molecule has 4 rings (SSSR count). The van der Waals surface area contributed by atoms with Crippen molar-refractivity contribution < 1.29 is 9.59 Å². The van der Waals surface area contributed by atoms with E-state index in [9.17, 15) is 9.59 Å². The summed E-state index contributed by atoms with van der Waals surface area (Å²) in [5.41, 5.74) is 3.37. The summed E-state index contributed by atoms with van der Waals surface area (Å²) in [4.78, 5) is 32.3. The topological polar surface area (TPSA) is 66.7 Å². The first-order valence-electron chi connectivity index (χ1n) is 8.68. The van der Waals surface area contributed by atoms with Crippen LogP contribution in [0.15, 0.2) is 35.8 Å². The first kappa shape index (κ1) is 16.8. The predicted octanol–water partition coefficient (Wildman–Crippen LogP) is 2.41. The van der Waals surface area contributed by atoms with Crippen LogP contribution in [-0.4, -0.2) is 39.2 Å². The maximum absolute atomic E-state index is 12.4. The van der Waals surface area contributed by atoms with Gasteiger partial charge in [0, 0.05) is 42.8 Å². The standard InChI is InChI=1S/C19H20N4O2S/c1-13-3-2-4-17-21-15(12-23(13)17)19(25)20-8-5-18(24)22-9-6-16-14(11-22)7-10-26-16/h2-4,7,10,12H,5-6,8-9,11H2,1H3,(H,20,25). The number of rotatable bonds is 4. The predicted molar refractivity (Wildman–Crippen MR) is 100 cm³/mol. The van der Waals surface area contributed by atoms with Gasteiger partial charge in [-0.05, 0) is 42.5 Å². The molecule has 0 aliphatic carbocycles. The maximum atomic E-state index is 12.4. The van der Waals surface area contributed by atoms with Crippen LogP contribution in [0.3, 0.4) is 0 Å². The first-order valence-corrected chi connectivity index (χ1v) is 9.56. The number of nitrogens with zero attached hydrogens (tertiary/aromatic N) is 3. The van der Waals surface area contributed by atoms with E-state index in [2.05, 4.69) is 21.7 Å². The molecule has 0 fully saturated rings. The lowest BCUT2D eigenvalue weighted by molar-refractivity contribution is -0.131. The number of nitrogens with one attached hydrogen (secondary N) is 1. The molecule has 4 heterocycles. The van der Waals surface area contributed by atoms with Crippen molar-refractivity contribution in [2.45, 2.75) is 26.3 Å². The van der Waals surface area contributed by atoms with E-state index in [4.69, 9.17) is 0 Å². The van der Waals surface area contributed by atoms with Gasteiger partial charge in [0.2, 0.25) is 5.91 Å². The van der Waals surface area contributed by atoms with Gasteiger partial charge in [0.05, 0.1) is 0 Å². The molecule has 1 aliphatic rings. The molecular weight excluding hydrogens is 348 g/mol. The average molecular weight is 368 g/mol. The summed E-state index contributed by atoms with van der Waals surface area (Å²) in [6, 6.07) is 7.83. The van der Waals surface area contributed by atoms with E-state index in [0.29, 0.717) is 25.2 Å². The molecule has 0 saturated heterocycles. The highest BCUT2D eigenvalue weighted by Crippen LogP contribution is 2.24. The SMILES string of the molecule is Cc1cccc2nc(C(=O)NCCC(=O)N3CCc4sccc4C3)cn12. The number of thiophene rings is 1. The number of carbonyl (C=O) groups is 2. The quantitative estimate of drug-likeness (QED) is 0.769. The highest BCUT2D eigenvalue weighted by molar-refractivity contribution is 7.10. The summed E-state index contributed by atoms with van der Waals surface area (Å²) >= 11 is 1.76. The van der Waals surface area contributed by atoms with Gasteiger partial charge in [-0.25, -0.2) is 4.98 Å². The van der Waals surface area contributed by atoms with Crippen LogP contribution >= 0.6 is 11.3 Å². The zero-order valence-corrected chi connectivity index (χ0v) is 15.4. The van der Waals surface area contributed by atoms with Crippen molar-refractivity contribution in [3.63, 3.8) is 0 Å². The van der Waals surface area contributed by atoms with E-state index in [1.165, 1.54) is 10.4 Å². The van der Waals surface area contributed by atoms with Crippen LogP contribution in [0.1, 0.15) is 33.0 Å². The number of hydrogen-bond donors (Lipinski definition) is 1. The number of carbonyl (C=O) groups excluding carboxylic acids is 2. The Kier molecular flexibility index (Phi) is 4.46. The summed E-state index contributed by atoms with van der Waals surface area (Å²) in [6.07, 6.45) is 2.95. The molecule has 1 N–H and O–H groups in total. The third-order valence-electron chi connectivity index (χ3n) is 4.71. The van der Waals surface area contributed by atoms with Gasteiger partial charge in [-0.2, -0.15) is 0 Å². The highest BCUT2D eigenvalue weighted by Gasteiger charge is 2.21. The fourth-order valence-corrected chi connectivity index (χ4v) is 4.14. The van der Waals surface area contributed by atoms with E-state index in [0.717, 1.165) is 24.3 Å². The molecule has 0 spiro atoms. The van der Waals surface area contributed by atoms with Crippen LogP contribution in [0.25, 0.3) is 5.65 Å². The Morgan fingerprint density at radius 3 is 3.04 bits per heavy atom. The second-order valence-electron chi connectivity index (χ2n) is 6.46. The van der Waals surface area contributed by atoms with Crippen molar-refractivity contribution in [2.24, 2.45) is 0 Å². The Morgan fingerprint density at radius 1 is 1.31 bits per heavy atom. The lowest BCUT2D eigenvalue weighted by atomic mass is 10.1. The molecule has 134 valence electrons. The molecule has 1 aliphatic heterocycles. The fraction of sp³-hybridized carbons (Fsp3) is 0.316. The maximum Gasteiger partial charge on any atom is 0.271 e. The Labute approximate surface area is 155 Å². The van der Waals surface area contributed by atoms with E-state index >= 15 is 0 Å². The van der Waals surface area contributed by atoms with Gasteiger partial charge in [0.25, 0.3) is 5.91 Å². The summed E-state index contributed by atoms with van der Waals surface area (Å²) in [5, 5.41) is 4.88. The van der Waals surface area contributed by atoms with Gasteiger partial charge in [-0.1, -0.05) is 6.07 Å². The number of aryl methyl sites for hydroxylation is 1. The number of fused-ring (bicyclic) bond motifs is 2. The van der Waals surface area contributed by atoms with Crippen LogP contribution in [0.4, 0.5) is 0 Å². The van der Waals surface area contributed by atoms with Crippen molar-refractivity contribution in [3.05, 3.63) is 57.7 Å². The molecule has 0 saturated carbocycles. The van der Waals surface area contributed by atoms with Gasteiger partial charge >= 0.3 is 0 Å². The Balaban J connectivity index is 1.32. The van der Waals surface area contributed by atoms with E-state index < -0.39 is 0 Å². The van der Waals surface area contributed by atoms with Gasteiger partial charge in [-0.15, -0.1) is 11.3 Å². The van der Waals surface area contributed by atoms with Crippen LogP contribution in [0.2, 0.25) is 0 Å². The monoisotopic (exact) mass is 368 g/mol. The fourth-order valence-electron chi connectivity index (χ4n) is 3.25. The number of hydrogen-bond acceptors (Lipinski definition) is 4. The Hall–Kier alpha value is -2.67. The number of pyridine rings is 1. The van der Waals surface area contributed by atoms with E-state index in [-0.39, 0.29) is 11.8 Å². The highest BCUT2D eigenvalue weighted by atomic mass is 32.1. The summed E-state index contributed by atoms with van der Waals surface area (Å²) in [7, 11) is 0. The molecule has 26 heavy (non-hydrogen) atoms. The zero-order chi connectivity index (χ0) is 18.1. The molecule has 0 unspecified atom stereocenters. The normalized spacial score (nSPS) is 13.7. The van der Waals surface area contributed by atoms with Crippen LogP contribution in [0, 0.1) is 6.92 Å². The molecule has 3 aromatic rings. The van der Waals surface area contributed by atoms with Gasteiger partial charge < -0.3 is 14.6 Å². The van der Waals surface area contributed by atoms with Crippen molar-refractivity contribution >= 4 is 28.8 Å². The molecule has 6 nitrogen and oxygen atoms in total. The summed E-state index contributed by atoms with van der Waals surface area (Å²) in [5.74, 6) is -0.173. The smallest absolute Gasteiger partial charge is 0.271 e. The third kappa shape index (κ3) is 3.22. The van der Waals surface area contributed by atoms with E-state index in [1.54, 1.807) is 17.5 Å². The molecule has 2 amide bonds. The second-order valence-corrected chi connectivity index (χ2v) is 7.46. The van der Waals surface area contributed by atoms with Crippen LogP contribution in [-0.2, 0) is 17.8 Å². The van der Waals surface area contributed by atoms with Crippen molar-refractivity contribution in [1.82, 2.24) is 19.6 Å². The van der Waals surface area contributed by atoms with Crippen LogP contribution in [0.5, 0.6) is 0 Å². The molecule has 0 radical (unpaired) electrons. The van der Waals surface area contributed by atoms with Gasteiger partial charge in [0.15, 0.2) is 0 Å². The minimum Gasteiger partial charge on any atom is -0.350 e. The molecule has 0 aromatic carbocycles. The molecule has 7 heteroatoms. The minimum absolute atomic E-state index is 0.0768.